The monoisotopic (exact) mass is 497 g/mol. The Labute approximate surface area is 194 Å². The largest absolute Gasteiger partial charge is 0.479 e. The molecule has 0 aliphatic carbocycles. The van der Waals surface area contributed by atoms with Crippen LogP contribution in [-0.2, 0) is 24.4 Å². The molecule has 2 unspecified atom stereocenters. The van der Waals surface area contributed by atoms with Crippen LogP contribution in [0.4, 0.5) is 5.69 Å². The van der Waals surface area contributed by atoms with Gasteiger partial charge in [0.1, 0.15) is 11.8 Å². The van der Waals surface area contributed by atoms with E-state index in [0.29, 0.717) is 5.02 Å². The van der Waals surface area contributed by atoms with Crippen LogP contribution in [0.3, 0.4) is 0 Å². The van der Waals surface area contributed by atoms with Crippen LogP contribution < -0.4 is 10.0 Å². The zero-order valence-electron chi connectivity index (χ0n) is 17.2. The number of sulfonamides is 1. The first-order valence-corrected chi connectivity index (χ1v) is 11.3. The lowest BCUT2D eigenvalue weighted by molar-refractivity contribution is -0.384. The van der Waals surface area contributed by atoms with Gasteiger partial charge < -0.3 is 15.2 Å². The molecule has 33 heavy (non-hydrogen) atoms. The molecule has 0 aliphatic heterocycles. The molecule has 0 aliphatic rings. The smallest absolute Gasteiger partial charge is 0.330 e. The number of Topliss-reactive ketones (excluding diaryl/α,β-unsaturated/α-hetero) is 1. The number of hydrogen-bond donors (Lipinski definition) is 3. The van der Waals surface area contributed by atoms with E-state index < -0.39 is 38.9 Å². The lowest BCUT2D eigenvalue weighted by atomic mass is 10.1. The number of carbonyl (C=O) groups is 3. The van der Waals surface area contributed by atoms with E-state index in [9.17, 15) is 38.0 Å². The molecule has 0 spiro atoms. The van der Waals surface area contributed by atoms with Crippen molar-refractivity contribution in [1.29, 1.82) is 0 Å². The van der Waals surface area contributed by atoms with Crippen molar-refractivity contribution in [1.82, 2.24) is 10.0 Å². The summed E-state index contributed by atoms with van der Waals surface area (Å²) in [5.74, 6) is -2.67. The summed E-state index contributed by atoms with van der Waals surface area (Å²) in [6.07, 6.45) is -0.389. The summed E-state index contributed by atoms with van der Waals surface area (Å²) in [5, 5.41) is 22.9. The summed E-state index contributed by atoms with van der Waals surface area (Å²) in [6, 6.07) is 6.64. The first-order chi connectivity index (χ1) is 15.4. The molecule has 176 valence electrons. The van der Waals surface area contributed by atoms with E-state index in [-0.39, 0.29) is 34.8 Å². The zero-order chi connectivity index (χ0) is 24.8. The minimum absolute atomic E-state index is 0.153. The predicted molar refractivity (Wildman–Crippen MR) is 117 cm³/mol. The lowest BCUT2D eigenvalue weighted by Gasteiger charge is -2.21. The van der Waals surface area contributed by atoms with Crippen molar-refractivity contribution in [3.8, 4) is 0 Å². The number of halogens is 1. The van der Waals surface area contributed by atoms with Gasteiger partial charge in [-0.3, -0.25) is 14.9 Å². The van der Waals surface area contributed by atoms with Gasteiger partial charge in [0.15, 0.2) is 6.04 Å². The molecular formula is C20H20ClN3O8S. The summed E-state index contributed by atoms with van der Waals surface area (Å²) in [5.41, 5.74) is -0.129. The van der Waals surface area contributed by atoms with E-state index in [1.165, 1.54) is 31.2 Å². The van der Waals surface area contributed by atoms with Gasteiger partial charge in [-0.2, -0.15) is 4.72 Å². The molecule has 1 amide bonds. The summed E-state index contributed by atoms with van der Waals surface area (Å²) in [6.45, 7) is 1.26. The maximum atomic E-state index is 12.8. The van der Waals surface area contributed by atoms with Gasteiger partial charge in [-0.15, -0.1) is 0 Å². The molecule has 0 aromatic heterocycles. The maximum absolute atomic E-state index is 12.8. The Morgan fingerprint density at radius 3 is 2.15 bits per heavy atom. The van der Waals surface area contributed by atoms with Crippen molar-refractivity contribution >= 4 is 45.0 Å². The summed E-state index contributed by atoms with van der Waals surface area (Å²) in [4.78, 5) is 45.7. The quantitative estimate of drug-likeness (QED) is 0.313. The van der Waals surface area contributed by atoms with E-state index >= 15 is 0 Å². The SMILES string of the molecule is CC(=O)CCC(NS(=O)(=O)c1ccc([N+](=O)[O-])cc1)C(=O)NC(C(=O)O)c1ccc(Cl)cc1. The Morgan fingerprint density at radius 2 is 1.67 bits per heavy atom. The molecule has 0 saturated carbocycles. The number of non-ortho nitro benzene ring substituents is 1. The van der Waals surface area contributed by atoms with E-state index in [0.717, 1.165) is 24.3 Å². The number of carboxylic acid groups (broad SMARTS) is 1. The highest BCUT2D eigenvalue weighted by Gasteiger charge is 2.30. The van der Waals surface area contributed by atoms with Crippen LogP contribution in [0.2, 0.25) is 5.02 Å². The molecule has 0 saturated heterocycles. The van der Waals surface area contributed by atoms with Gasteiger partial charge in [0.05, 0.1) is 9.82 Å². The highest BCUT2D eigenvalue weighted by Crippen LogP contribution is 2.19. The van der Waals surface area contributed by atoms with Crippen LogP contribution in [0.15, 0.2) is 53.4 Å². The Kier molecular flexibility index (Phi) is 8.63. The van der Waals surface area contributed by atoms with Crippen LogP contribution in [0.1, 0.15) is 31.4 Å². The Balaban J connectivity index is 2.28. The lowest BCUT2D eigenvalue weighted by Crippen LogP contribution is -2.48. The van der Waals surface area contributed by atoms with E-state index in [2.05, 4.69) is 10.0 Å². The van der Waals surface area contributed by atoms with Crippen LogP contribution in [0.5, 0.6) is 0 Å². The summed E-state index contributed by atoms with van der Waals surface area (Å²) in [7, 11) is -4.33. The molecule has 0 heterocycles. The Morgan fingerprint density at radius 1 is 1.09 bits per heavy atom. The van der Waals surface area contributed by atoms with Gasteiger partial charge in [-0.1, -0.05) is 23.7 Å². The van der Waals surface area contributed by atoms with E-state index in [1.54, 1.807) is 0 Å². The molecule has 0 fully saturated rings. The van der Waals surface area contributed by atoms with Crippen molar-refractivity contribution in [2.24, 2.45) is 0 Å². The van der Waals surface area contributed by atoms with Gasteiger partial charge >= 0.3 is 5.97 Å². The van der Waals surface area contributed by atoms with Crippen molar-refractivity contribution in [2.75, 3.05) is 0 Å². The van der Waals surface area contributed by atoms with Crippen LogP contribution in [0.25, 0.3) is 0 Å². The van der Waals surface area contributed by atoms with Gasteiger partial charge in [0.25, 0.3) is 5.69 Å². The first-order valence-electron chi connectivity index (χ1n) is 9.45. The molecule has 0 radical (unpaired) electrons. The van der Waals surface area contributed by atoms with Gasteiger partial charge in [-0.05, 0) is 43.2 Å². The number of amides is 1. The van der Waals surface area contributed by atoms with E-state index in [1.807, 2.05) is 0 Å². The molecule has 0 bridgehead atoms. The maximum Gasteiger partial charge on any atom is 0.330 e. The highest BCUT2D eigenvalue weighted by molar-refractivity contribution is 7.89. The van der Waals surface area contributed by atoms with Gasteiger partial charge in [-0.25, -0.2) is 13.2 Å². The average molecular weight is 498 g/mol. The second-order valence-corrected chi connectivity index (χ2v) is 9.15. The molecule has 2 rings (SSSR count). The van der Waals surface area contributed by atoms with Crippen LogP contribution >= 0.6 is 11.6 Å². The third kappa shape index (κ3) is 7.34. The summed E-state index contributed by atoms with van der Waals surface area (Å²) >= 11 is 5.80. The molecule has 2 aromatic rings. The van der Waals surface area contributed by atoms with Crippen molar-refractivity contribution in [3.63, 3.8) is 0 Å². The van der Waals surface area contributed by atoms with Crippen LogP contribution in [-0.4, -0.2) is 42.1 Å². The number of nitrogens with zero attached hydrogens (tertiary/aromatic N) is 1. The third-order valence-corrected chi connectivity index (χ3v) is 6.23. The van der Waals surface area contributed by atoms with E-state index in [4.69, 9.17) is 11.6 Å². The number of nitro benzene ring substituents is 1. The number of carboxylic acids is 1. The average Bonchev–Trinajstić information content (AvgIpc) is 2.75. The molecule has 2 aromatic carbocycles. The highest BCUT2D eigenvalue weighted by atomic mass is 35.5. The number of aliphatic carboxylic acids is 1. The van der Waals surface area contributed by atoms with Crippen LogP contribution in [0, 0.1) is 10.1 Å². The van der Waals surface area contributed by atoms with Crippen molar-refractivity contribution < 1.29 is 32.8 Å². The molecule has 2 atom stereocenters. The number of hydrogen-bond acceptors (Lipinski definition) is 7. The van der Waals surface area contributed by atoms with Gasteiger partial charge in [0, 0.05) is 23.6 Å². The fourth-order valence-electron chi connectivity index (χ4n) is 2.78. The fraction of sp³-hybridized carbons (Fsp3) is 0.250. The first kappa shape index (κ1) is 25.9. The minimum atomic E-state index is -4.33. The predicted octanol–water partition coefficient (Wildman–Crippen LogP) is 2.21. The molecule has 3 N–H and O–H groups in total. The standard InChI is InChI=1S/C20H20ClN3O8S/c1-12(25)2-11-17(23-33(31,32)16-9-7-15(8-10-16)24(29)30)19(26)22-18(20(27)28)13-3-5-14(21)6-4-13/h3-10,17-18,23H,2,11H2,1H3,(H,22,26)(H,27,28). The van der Waals surface area contributed by atoms with Gasteiger partial charge in [0.2, 0.25) is 15.9 Å². The Hall–Kier alpha value is -3.35. The summed E-state index contributed by atoms with van der Waals surface area (Å²) < 4.78 is 27.6. The van der Waals surface area contributed by atoms with Crippen molar-refractivity contribution in [3.05, 3.63) is 69.2 Å². The Bertz CT molecular complexity index is 1150. The molecule has 11 nitrogen and oxygen atoms in total. The normalized spacial score (nSPS) is 13.0. The zero-order valence-corrected chi connectivity index (χ0v) is 18.8. The second-order valence-electron chi connectivity index (χ2n) is 7.00. The number of nitrogens with one attached hydrogen (secondary N) is 2. The topological polar surface area (TPSA) is 173 Å². The molecule has 13 heteroatoms. The number of benzene rings is 2. The number of carbonyl (C=O) groups excluding carboxylic acids is 2. The van der Waals surface area contributed by atoms with Crippen molar-refractivity contribution in [2.45, 2.75) is 36.7 Å². The number of ketones is 1. The minimum Gasteiger partial charge on any atom is -0.479 e. The number of nitro groups is 1. The molecular weight excluding hydrogens is 478 g/mol. The third-order valence-electron chi connectivity index (χ3n) is 4.49. The fourth-order valence-corrected chi connectivity index (χ4v) is 4.14. The number of rotatable bonds is 11. The second kappa shape index (κ2) is 11.0.